The van der Waals surface area contributed by atoms with Crippen LogP contribution in [0.15, 0.2) is 60.8 Å². The molecule has 0 spiro atoms. The summed E-state index contributed by atoms with van der Waals surface area (Å²) in [6.45, 7) is 4.19. The van der Waals surface area contributed by atoms with Crippen molar-refractivity contribution < 1.29 is 13.9 Å². The predicted molar refractivity (Wildman–Crippen MR) is 136 cm³/mol. The second kappa shape index (κ2) is 10.3. The molecule has 2 aromatic heterocycles. The van der Waals surface area contributed by atoms with Gasteiger partial charge >= 0.3 is 0 Å². The lowest BCUT2D eigenvalue weighted by Gasteiger charge is -2.25. The number of hydrogen-bond acceptors (Lipinski definition) is 4. The van der Waals surface area contributed by atoms with Crippen molar-refractivity contribution in [1.82, 2.24) is 19.6 Å². The van der Waals surface area contributed by atoms with Crippen LogP contribution in [-0.2, 0) is 11.2 Å². The number of halogens is 1. The Kier molecular flexibility index (Phi) is 7.17. The third kappa shape index (κ3) is 5.35. The fraction of sp³-hybridized carbons (Fsp3) is 0.286. The molecule has 4 aromatic rings. The maximum Gasteiger partial charge on any atom is 0.226 e. The van der Waals surface area contributed by atoms with Crippen molar-refractivity contribution in [2.45, 2.75) is 26.3 Å². The van der Waals surface area contributed by atoms with Gasteiger partial charge in [-0.3, -0.25) is 4.79 Å². The number of pyridine rings is 1. The number of aromatic nitrogens is 2. The number of hydrogen-bond donors (Lipinski definition) is 1. The van der Waals surface area contributed by atoms with Crippen molar-refractivity contribution in [3.63, 3.8) is 0 Å². The standard InChI is InChI=1S/C28H31FN4O2/c1-18-6-13-26-31-28(21-9-12-23(29)19(2)14-21)24(33(26)17-18)15-27(34)30-16-25(32(3)4)20-7-10-22(35-5)11-8-20/h6-14,17,25H,15-16H2,1-5H3,(H,30,34). The van der Waals surface area contributed by atoms with E-state index in [9.17, 15) is 9.18 Å². The minimum atomic E-state index is -0.263. The number of ether oxygens (including phenoxy) is 1. The minimum absolute atomic E-state index is 0.00787. The molecule has 2 heterocycles. The third-order valence-corrected chi connectivity index (χ3v) is 6.24. The first-order valence-corrected chi connectivity index (χ1v) is 11.6. The number of benzene rings is 2. The van der Waals surface area contributed by atoms with Gasteiger partial charge in [0.1, 0.15) is 17.2 Å². The molecule has 35 heavy (non-hydrogen) atoms. The highest BCUT2D eigenvalue weighted by molar-refractivity contribution is 5.81. The van der Waals surface area contributed by atoms with E-state index in [0.717, 1.165) is 33.8 Å². The summed E-state index contributed by atoms with van der Waals surface area (Å²) in [5.74, 6) is 0.427. The maximum absolute atomic E-state index is 13.9. The van der Waals surface area contributed by atoms with Crippen LogP contribution in [0.2, 0.25) is 0 Å². The number of nitrogens with zero attached hydrogens (tertiary/aromatic N) is 3. The number of amides is 1. The minimum Gasteiger partial charge on any atom is -0.497 e. The number of rotatable bonds is 8. The molecule has 6 nitrogen and oxygen atoms in total. The van der Waals surface area contributed by atoms with Crippen LogP contribution in [-0.4, -0.2) is 47.9 Å². The summed E-state index contributed by atoms with van der Waals surface area (Å²) >= 11 is 0. The van der Waals surface area contributed by atoms with Crippen molar-refractivity contribution >= 4 is 11.6 Å². The maximum atomic E-state index is 13.9. The average Bonchev–Trinajstić information content (AvgIpc) is 3.18. The summed E-state index contributed by atoms with van der Waals surface area (Å²) in [5.41, 5.74) is 5.69. The van der Waals surface area contributed by atoms with Gasteiger partial charge in [0.25, 0.3) is 0 Å². The Morgan fingerprint density at radius 1 is 1.11 bits per heavy atom. The van der Waals surface area contributed by atoms with Gasteiger partial charge in [-0.1, -0.05) is 18.2 Å². The Hall–Kier alpha value is -3.71. The molecule has 0 aliphatic heterocycles. The molecule has 0 saturated carbocycles. The van der Waals surface area contributed by atoms with E-state index in [1.807, 2.05) is 68.0 Å². The normalized spacial score (nSPS) is 12.2. The van der Waals surface area contributed by atoms with Gasteiger partial charge in [-0.05, 0) is 81.0 Å². The van der Waals surface area contributed by atoms with E-state index in [4.69, 9.17) is 9.72 Å². The number of carbonyl (C=O) groups is 1. The van der Waals surface area contributed by atoms with E-state index in [1.165, 1.54) is 6.07 Å². The van der Waals surface area contributed by atoms with Gasteiger partial charge < -0.3 is 19.4 Å². The fourth-order valence-corrected chi connectivity index (χ4v) is 4.24. The molecule has 0 radical (unpaired) electrons. The van der Waals surface area contributed by atoms with Crippen LogP contribution in [0.5, 0.6) is 5.75 Å². The van der Waals surface area contributed by atoms with E-state index in [0.29, 0.717) is 17.8 Å². The number of fused-ring (bicyclic) bond motifs is 1. The third-order valence-electron chi connectivity index (χ3n) is 6.24. The van der Waals surface area contributed by atoms with Crippen LogP contribution in [0.25, 0.3) is 16.9 Å². The Labute approximate surface area is 205 Å². The molecule has 1 unspecified atom stereocenters. The number of methoxy groups -OCH3 is 1. The molecule has 0 bridgehead atoms. The lowest BCUT2D eigenvalue weighted by atomic mass is 10.0. The van der Waals surface area contributed by atoms with E-state index in [2.05, 4.69) is 10.2 Å². The molecule has 1 N–H and O–H groups in total. The van der Waals surface area contributed by atoms with E-state index in [1.54, 1.807) is 26.2 Å². The zero-order chi connectivity index (χ0) is 25.1. The van der Waals surface area contributed by atoms with E-state index in [-0.39, 0.29) is 24.2 Å². The first-order valence-electron chi connectivity index (χ1n) is 11.6. The molecular formula is C28H31FN4O2. The Balaban J connectivity index is 1.59. The summed E-state index contributed by atoms with van der Waals surface area (Å²) in [6.07, 6.45) is 2.13. The van der Waals surface area contributed by atoms with Gasteiger partial charge in [0.05, 0.1) is 31.0 Å². The molecule has 7 heteroatoms. The lowest BCUT2D eigenvalue weighted by Crippen LogP contribution is -2.35. The van der Waals surface area contributed by atoms with Gasteiger partial charge in [0, 0.05) is 18.3 Å². The summed E-state index contributed by atoms with van der Waals surface area (Å²) in [4.78, 5) is 20.0. The van der Waals surface area contributed by atoms with Crippen molar-refractivity contribution in [1.29, 1.82) is 0 Å². The average molecular weight is 475 g/mol. The number of aryl methyl sites for hydroxylation is 2. The molecule has 182 valence electrons. The van der Waals surface area contributed by atoms with Crippen LogP contribution in [0, 0.1) is 19.7 Å². The lowest BCUT2D eigenvalue weighted by molar-refractivity contribution is -0.120. The molecule has 2 aromatic carbocycles. The number of nitrogens with one attached hydrogen (secondary N) is 1. The van der Waals surface area contributed by atoms with Gasteiger partial charge in [-0.15, -0.1) is 0 Å². The fourth-order valence-electron chi connectivity index (χ4n) is 4.24. The van der Waals surface area contributed by atoms with Crippen LogP contribution < -0.4 is 10.1 Å². The quantitative estimate of drug-likeness (QED) is 0.401. The van der Waals surface area contributed by atoms with E-state index >= 15 is 0 Å². The van der Waals surface area contributed by atoms with Crippen molar-refractivity contribution in [2.24, 2.45) is 0 Å². The molecule has 0 saturated heterocycles. The molecule has 4 rings (SSSR count). The molecular weight excluding hydrogens is 443 g/mol. The van der Waals surface area contributed by atoms with Crippen molar-refractivity contribution in [3.05, 3.63) is 89.0 Å². The highest BCUT2D eigenvalue weighted by Crippen LogP contribution is 2.27. The van der Waals surface area contributed by atoms with Crippen LogP contribution in [0.1, 0.15) is 28.4 Å². The molecule has 1 atom stereocenters. The van der Waals surface area contributed by atoms with Gasteiger partial charge in [0.2, 0.25) is 5.91 Å². The predicted octanol–water partition coefficient (Wildman–Crippen LogP) is 4.73. The topological polar surface area (TPSA) is 58.9 Å². The molecule has 0 aliphatic rings. The number of likely N-dealkylation sites (N-methyl/N-ethyl adjacent to an activating group) is 1. The van der Waals surface area contributed by atoms with Crippen molar-refractivity contribution in [3.8, 4) is 17.0 Å². The summed E-state index contributed by atoms with van der Waals surface area (Å²) in [7, 11) is 5.62. The highest BCUT2D eigenvalue weighted by atomic mass is 19.1. The van der Waals surface area contributed by atoms with Gasteiger partial charge in [-0.2, -0.15) is 0 Å². The SMILES string of the molecule is COc1ccc(C(CNC(=O)Cc2c(-c3ccc(F)c(C)c3)nc3ccc(C)cn23)N(C)C)cc1. The number of carbonyl (C=O) groups excluding carboxylic acids is 1. The summed E-state index contributed by atoms with van der Waals surface area (Å²) < 4.78 is 21.1. The summed E-state index contributed by atoms with van der Waals surface area (Å²) in [6, 6.07) is 16.7. The Morgan fingerprint density at radius 3 is 2.51 bits per heavy atom. The van der Waals surface area contributed by atoms with Gasteiger partial charge in [0.15, 0.2) is 0 Å². The first kappa shape index (κ1) is 24.4. The zero-order valence-corrected chi connectivity index (χ0v) is 20.8. The largest absolute Gasteiger partial charge is 0.497 e. The molecule has 0 aliphatic carbocycles. The highest BCUT2D eigenvalue weighted by Gasteiger charge is 2.20. The van der Waals surface area contributed by atoms with E-state index < -0.39 is 0 Å². The molecule has 1 amide bonds. The van der Waals surface area contributed by atoms with Gasteiger partial charge in [-0.25, -0.2) is 9.37 Å². The second-order valence-electron chi connectivity index (χ2n) is 9.04. The second-order valence-corrected chi connectivity index (χ2v) is 9.04. The smallest absolute Gasteiger partial charge is 0.226 e. The molecule has 0 fully saturated rings. The zero-order valence-electron chi connectivity index (χ0n) is 20.8. The monoisotopic (exact) mass is 474 g/mol. The number of imidazole rings is 1. The van der Waals surface area contributed by atoms with Crippen LogP contribution >= 0.6 is 0 Å². The first-order chi connectivity index (χ1) is 16.8. The van der Waals surface area contributed by atoms with Crippen LogP contribution in [0.3, 0.4) is 0 Å². The summed E-state index contributed by atoms with van der Waals surface area (Å²) in [5, 5.41) is 3.09. The Bertz CT molecular complexity index is 1350. The Morgan fingerprint density at radius 2 is 1.86 bits per heavy atom. The van der Waals surface area contributed by atoms with Crippen LogP contribution in [0.4, 0.5) is 4.39 Å². The van der Waals surface area contributed by atoms with Crippen molar-refractivity contribution in [2.75, 3.05) is 27.7 Å².